The van der Waals surface area contributed by atoms with Crippen molar-refractivity contribution in [2.75, 3.05) is 19.8 Å². The molecule has 0 radical (unpaired) electrons. The summed E-state index contributed by atoms with van der Waals surface area (Å²) in [5.41, 5.74) is 0.682. The summed E-state index contributed by atoms with van der Waals surface area (Å²) in [5, 5.41) is 0. The number of pyridine rings is 1. The molecule has 0 N–H and O–H groups in total. The molecule has 1 aliphatic heterocycles. The van der Waals surface area contributed by atoms with Gasteiger partial charge in [-0.05, 0) is 25.0 Å². The summed E-state index contributed by atoms with van der Waals surface area (Å²) in [6, 6.07) is 3.62. The molecule has 2 aliphatic rings. The molecule has 3 rings (SSSR count). The Hall–Kier alpha value is -1.72. The lowest BCUT2D eigenvalue weighted by Gasteiger charge is -2.39. The van der Waals surface area contributed by atoms with E-state index in [0.29, 0.717) is 25.3 Å². The lowest BCUT2D eigenvalue weighted by molar-refractivity contribution is -0.100. The first kappa shape index (κ1) is 14.2. The number of ether oxygens (including phenoxy) is 2. The number of amides is 1. The highest BCUT2D eigenvalue weighted by molar-refractivity contribution is 5.94. The fourth-order valence-corrected chi connectivity index (χ4v) is 3.20. The Morgan fingerprint density at radius 1 is 1.48 bits per heavy atom. The monoisotopic (exact) mass is 288 g/mol. The number of fused-ring (bicyclic) bond motifs is 1. The molecule has 0 aromatic carbocycles. The average molecular weight is 288 g/mol. The van der Waals surface area contributed by atoms with E-state index < -0.39 is 0 Å². The molecule has 0 spiro atoms. The number of rotatable bonds is 4. The van der Waals surface area contributed by atoms with Gasteiger partial charge in [0.05, 0.1) is 25.4 Å². The van der Waals surface area contributed by atoms with Gasteiger partial charge in [-0.2, -0.15) is 0 Å². The molecule has 2 fully saturated rings. The van der Waals surface area contributed by atoms with Gasteiger partial charge in [-0.1, -0.05) is 6.08 Å². The summed E-state index contributed by atoms with van der Waals surface area (Å²) in [4.78, 5) is 18.5. The predicted molar refractivity (Wildman–Crippen MR) is 78.0 cm³/mol. The number of carbonyl (C=O) groups is 1. The van der Waals surface area contributed by atoms with Crippen LogP contribution in [0.25, 0.3) is 0 Å². The normalized spacial score (nSPS) is 28.2. The zero-order valence-electron chi connectivity index (χ0n) is 12.0. The number of hydrogen-bond donors (Lipinski definition) is 0. The number of nitrogens with zero attached hydrogens (tertiary/aromatic N) is 2. The summed E-state index contributed by atoms with van der Waals surface area (Å²) in [7, 11) is 0. The van der Waals surface area contributed by atoms with Gasteiger partial charge in [-0.25, -0.2) is 0 Å². The maximum absolute atomic E-state index is 12.6. The van der Waals surface area contributed by atoms with E-state index in [0.717, 1.165) is 12.8 Å². The van der Waals surface area contributed by atoms with Crippen LogP contribution in [0.2, 0.25) is 0 Å². The molecule has 5 nitrogen and oxygen atoms in total. The molecule has 112 valence electrons. The van der Waals surface area contributed by atoms with Crippen molar-refractivity contribution in [1.82, 2.24) is 9.88 Å². The highest BCUT2D eigenvalue weighted by Crippen LogP contribution is 2.32. The Labute approximate surface area is 124 Å². The van der Waals surface area contributed by atoms with Gasteiger partial charge in [-0.3, -0.25) is 9.78 Å². The topological polar surface area (TPSA) is 51.7 Å². The second kappa shape index (κ2) is 6.37. The van der Waals surface area contributed by atoms with Gasteiger partial charge in [-0.15, -0.1) is 6.58 Å². The molecule has 1 aromatic rings. The van der Waals surface area contributed by atoms with Crippen LogP contribution in [0, 0.1) is 0 Å². The standard InChI is InChI=1S/C16H20N2O3/c1-2-10-20-14-4-3-13-15(14)21-11-9-18(13)16(19)12-5-7-17-8-6-12/h2,5-8,13-15H,1,3-4,9-11H2/t13-,14-,15+/m1/s1. The Balaban J connectivity index is 1.73. The summed E-state index contributed by atoms with van der Waals surface area (Å²) in [6.07, 6.45) is 6.92. The third kappa shape index (κ3) is 2.84. The van der Waals surface area contributed by atoms with Gasteiger partial charge in [0.1, 0.15) is 6.10 Å². The largest absolute Gasteiger partial charge is 0.372 e. The molecule has 1 aliphatic carbocycles. The van der Waals surface area contributed by atoms with Crippen molar-refractivity contribution in [1.29, 1.82) is 0 Å². The number of hydrogen-bond acceptors (Lipinski definition) is 4. The van der Waals surface area contributed by atoms with Crippen LogP contribution in [0.4, 0.5) is 0 Å². The SMILES string of the molecule is C=CCO[C@@H]1CC[C@@H]2[C@@H]1OCCN2C(=O)c1ccncc1. The molecule has 5 heteroatoms. The minimum absolute atomic E-state index is 0.0236. The van der Waals surface area contributed by atoms with Crippen molar-refractivity contribution >= 4 is 5.91 Å². The lowest BCUT2D eigenvalue weighted by Crippen LogP contribution is -2.53. The summed E-state index contributed by atoms with van der Waals surface area (Å²) >= 11 is 0. The van der Waals surface area contributed by atoms with Crippen molar-refractivity contribution in [3.8, 4) is 0 Å². The van der Waals surface area contributed by atoms with Gasteiger partial charge in [0, 0.05) is 24.5 Å². The highest BCUT2D eigenvalue weighted by atomic mass is 16.5. The van der Waals surface area contributed by atoms with E-state index in [1.54, 1.807) is 30.6 Å². The quantitative estimate of drug-likeness (QED) is 0.791. The van der Waals surface area contributed by atoms with Gasteiger partial charge < -0.3 is 14.4 Å². The van der Waals surface area contributed by atoms with Gasteiger partial charge in [0.2, 0.25) is 0 Å². The van der Waals surface area contributed by atoms with Crippen LogP contribution in [-0.4, -0.2) is 53.8 Å². The Morgan fingerprint density at radius 3 is 3.05 bits per heavy atom. The van der Waals surface area contributed by atoms with E-state index in [1.807, 2.05) is 4.90 Å². The summed E-state index contributed by atoms with van der Waals surface area (Å²) in [6.45, 7) is 5.39. The molecule has 0 unspecified atom stereocenters. The predicted octanol–water partition coefficient (Wildman–Crippen LogP) is 1.66. The third-order valence-electron chi connectivity index (χ3n) is 4.15. The van der Waals surface area contributed by atoms with Crippen molar-refractivity contribution in [3.05, 3.63) is 42.7 Å². The Morgan fingerprint density at radius 2 is 2.29 bits per heavy atom. The van der Waals surface area contributed by atoms with Crippen molar-refractivity contribution in [2.24, 2.45) is 0 Å². The van der Waals surface area contributed by atoms with Crippen LogP contribution >= 0.6 is 0 Å². The molecule has 1 saturated carbocycles. The average Bonchev–Trinajstić information content (AvgIpc) is 2.96. The second-order valence-electron chi connectivity index (χ2n) is 5.38. The molecule has 21 heavy (non-hydrogen) atoms. The van der Waals surface area contributed by atoms with E-state index in [9.17, 15) is 4.79 Å². The zero-order valence-corrected chi connectivity index (χ0v) is 12.0. The first-order valence-electron chi connectivity index (χ1n) is 7.36. The Bertz CT molecular complexity index is 506. The van der Waals surface area contributed by atoms with Crippen molar-refractivity contribution in [3.63, 3.8) is 0 Å². The molecule has 2 heterocycles. The molecular weight excluding hydrogens is 268 g/mol. The first-order valence-corrected chi connectivity index (χ1v) is 7.36. The van der Waals surface area contributed by atoms with E-state index in [-0.39, 0.29) is 24.2 Å². The minimum atomic E-state index is -0.0236. The highest BCUT2D eigenvalue weighted by Gasteiger charge is 2.44. The summed E-state index contributed by atoms with van der Waals surface area (Å²) < 4.78 is 11.6. The molecule has 1 saturated heterocycles. The zero-order chi connectivity index (χ0) is 14.7. The van der Waals surface area contributed by atoms with E-state index in [2.05, 4.69) is 11.6 Å². The fourth-order valence-electron chi connectivity index (χ4n) is 3.20. The molecule has 1 amide bonds. The molecule has 1 aromatic heterocycles. The van der Waals surface area contributed by atoms with Gasteiger partial charge in [0.15, 0.2) is 0 Å². The van der Waals surface area contributed by atoms with Crippen LogP contribution in [0.5, 0.6) is 0 Å². The van der Waals surface area contributed by atoms with E-state index in [1.165, 1.54) is 0 Å². The minimum Gasteiger partial charge on any atom is -0.372 e. The number of carbonyl (C=O) groups excluding carboxylic acids is 1. The third-order valence-corrected chi connectivity index (χ3v) is 4.15. The Kier molecular flexibility index (Phi) is 4.31. The van der Waals surface area contributed by atoms with E-state index >= 15 is 0 Å². The van der Waals surface area contributed by atoms with Crippen LogP contribution < -0.4 is 0 Å². The number of morpholine rings is 1. The van der Waals surface area contributed by atoms with Crippen LogP contribution in [0.3, 0.4) is 0 Å². The van der Waals surface area contributed by atoms with Gasteiger partial charge >= 0.3 is 0 Å². The van der Waals surface area contributed by atoms with Crippen LogP contribution in [0.15, 0.2) is 37.2 Å². The van der Waals surface area contributed by atoms with Crippen LogP contribution in [0.1, 0.15) is 23.2 Å². The van der Waals surface area contributed by atoms with Crippen molar-refractivity contribution < 1.29 is 14.3 Å². The fraction of sp³-hybridized carbons (Fsp3) is 0.500. The number of aromatic nitrogens is 1. The van der Waals surface area contributed by atoms with Crippen LogP contribution in [-0.2, 0) is 9.47 Å². The maximum Gasteiger partial charge on any atom is 0.254 e. The lowest BCUT2D eigenvalue weighted by atomic mass is 10.1. The summed E-state index contributed by atoms with van der Waals surface area (Å²) in [5.74, 6) is 0.0556. The first-order chi connectivity index (χ1) is 10.3. The smallest absolute Gasteiger partial charge is 0.254 e. The molecular formula is C16H20N2O3. The molecule has 3 atom stereocenters. The van der Waals surface area contributed by atoms with Gasteiger partial charge in [0.25, 0.3) is 5.91 Å². The molecule has 0 bridgehead atoms. The van der Waals surface area contributed by atoms with E-state index in [4.69, 9.17) is 9.47 Å². The van der Waals surface area contributed by atoms with Crippen molar-refractivity contribution in [2.45, 2.75) is 31.1 Å². The second-order valence-corrected chi connectivity index (χ2v) is 5.38. The maximum atomic E-state index is 12.6.